The van der Waals surface area contributed by atoms with Crippen molar-refractivity contribution in [2.45, 2.75) is 387 Å². The quantitative estimate of drug-likeness (QED) is 0.0273. The van der Waals surface area contributed by atoms with Crippen molar-refractivity contribution in [1.29, 1.82) is 0 Å². The van der Waals surface area contributed by atoms with Gasteiger partial charge in [0.15, 0.2) is 0 Å². The molecule has 2 rings (SSSR count). The maximum atomic E-state index is 5.40. The first-order chi connectivity index (χ1) is 39.7. The predicted molar refractivity (Wildman–Crippen MR) is 365 cm³/mol. The molecular formula is C78H136N2Ni. The van der Waals surface area contributed by atoms with Gasteiger partial charge >= 0.3 is 0 Å². The van der Waals surface area contributed by atoms with Crippen molar-refractivity contribution in [2.75, 3.05) is 0 Å². The zero-order valence-corrected chi connectivity index (χ0v) is 55.7. The molecule has 0 bridgehead atoms. The van der Waals surface area contributed by atoms with Gasteiger partial charge in [0.05, 0.1) is 22.8 Å². The Kier molecular flexibility index (Phi) is 59.0. The Balaban J connectivity index is 0.0000328. The Morgan fingerprint density at radius 2 is 0.519 bits per heavy atom. The third kappa shape index (κ3) is 49.7. The fourth-order valence-electron chi connectivity index (χ4n) is 11.9. The summed E-state index contributed by atoms with van der Waals surface area (Å²) in [4.78, 5) is 10.7. The molecule has 3 heteroatoms. The zero-order valence-electron chi connectivity index (χ0n) is 54.7. The molecule has 2 nitrogen and oxygen atoms in total. The fourth-order valence-corrected chi connectivity index (χ4v) is 11.9. The molecule has 2 aromatic rings. The van der Waals surface area contributed by atoms with E-state index in [0.717, 1.165) is 61.3 Å². The number of unbranched alkanes of at least 4 members (excludes halogenated alkanes) is 48. The molecule has 0 aliphatic heterocycles. The molecule has 0 amide bonds. The second-order valence-corrected chi connectivity index (χ2v) is 25.1. The fraction of sp³-hybridized carbons (Fsp3) is 0.769. The van der Waals surface area contributed by atoms with E-state index in [-0.39, 0.29) is 16.5 Å². The van der Waals surface area contributed by atoms with Crippen molar-refractivity contribution in [1.82, 2.24) is 0 Å². The van der Waals surface area contributed by atoms with Gasteiger partial charge in [0.25, 0.3) is 0 Å². The number of rotatable bonds is 61. The topological polar surface area (TPSA) is 24.7 Å². The molecule has 0 N–H and O–H groups in total. The summed E-state index contributed by atoms with van der Waals surface area (Å²) >= 11 is 0. The molecule has 0 heterocycles. The van der Waals surface area contributed by atoms with E-state index in [0.29, 0.717) is 0 Å². The first-order valence-corrected chi connectivity index (χ1v) is 36.3. The molecule has 0 saturated carbocycles. The van der Waals surface area contributed by atoms with E-state index < -0.39 is 0 Å². The minimum atomic E-state index is 0. The van der Waals surface area contributed by atoms with Gasteiger partial charge in [-0.3, -0.25) is 9.98 Å². The summed E-state index contributed by atoms with van der Waals surface area (Å²) in [6.45, 7) is 9.11. The number of hydrogen-bond acceptors (Lipinski definition) is 2. The van der Waals surface area contributed by atoms with Gasteiger partial charge in [0.2, 0.25) is 0 Å². The van der Waals surface area contributed by atoms with Crippen LogP contribution in [0.2, 0.25) is 0 Å². The van der Waals surface area contributed by atoms with Crippen LogP contribution in [0.1, 0.15) is 386 Å². The van der Waals surface area contributed by atoms with Crippen LogP contribution in [-0.2, 0) is 29.3 Å². The van der Waals surface area contributed by atoms with E-state index in [2.05, 4.69) is 101 Å². The summed E-state index contributed by atoms with van der Waals surface area (Å²) < 4.78 is 0. The number of aliphatic imine (C=N–C) groups is 2. The molecule has 0 aliphatic rings. The number of aryl methyl sites for hydroxylation is 2. The van der Waals surface area contributed by atoms with E-state index in [9.17, 15) is 0 Å². The van der Waals surface area contributed by atoms with Crippen molar-refractivity contribution in [3.63, 3.8) is 0 Å². The Labute approximate surface area is 517 Å². The van der Waals surface area contributed by atoms with Gasteiger partial charge in [0.1, 0.15) is 0 Å². The van der Waals surface area contributed by atoms with E-state index >= 15 is 0 Å². The SMILES string of the molecule is CCCCCCCCCCCCCCCCCCCCCCCCC=CCCCc1ccccc1N=C(C)C(CCCCC)=Nc1ccccc1CCCC=CCCCCCCCCCCCCCCCCCCCCCCCC.[Ni]. The predicted octanol–water partition coefficient (Wildman–Crippen LogP) is 27.9. The van der Waals surface area contributed by atoms with Gasteiger partial charge < -0.3 is 0 Å². The average molecular weight is 1160 g/mol. The van der Waals surface area contributed by atoms with Crippen molar-refractivity contribution in [3.05, 3.63) is 84.0 Å². The molecule has 0 spiro atoms. The molecule has 0 atom stereocenters. The summed E-state index contributed by atoms with van der Waals surface area (Å²) in [6.07, 6.45) is 87.3. The third-order valence-electron chi connectivity index (χ3n) is 17.4. The molecule has 0 aliphatic carbocycles. The van der Waals surface area contributed by atoms with Gasteiger partial charge in [-0.25, -0.2) is 0 Å². The van der Waals surface area contributed by atoms with E-state index in [4.69, 9.17) is 9.98 Å². The van der Waals surface area contributed by atoms with Crippen molar-refractivity contribution in [2.24, 2.45) is 9.98 Å². The van der Waals surface area contributed by atoms with Crippen molar-refractivity contribution < 1.29 is 16.5 Å². The Morgan fingerprint density at radius 1 is 0.284 bits per heavy atom. The molecule has 0 aromatic heterocycles. The zero-order chi connectivity index (χ0) is 57.0. The van der Waals surface area contributed by atoms with Crippen molar-refractivity contribution in [3.8, 4) is 0 Å². The molecule has 0 unspecified atom stereocenters. The number of hydrogen-bond donors (Lipinski definition) is 0. The number of benzene rings is 2. The van der Waals surface area contributed by atoms with E-state index in [1.54, 1.807) is 0 Å². The number of allylic oxidation sites excluding steroid dienone is 4. The first kappa shape index (κ1) is 76.8. The normalized spacial score (nSPS) is 12.2. The monoisotopic (exact) mass is 1160 g/mol. The van der Waals surface area contributed by atoms with Crippen LogP contribution in [0.3, 0.4) is 0 Å². The number of para-hydroxylation sites is 2. The molecule has 0 radical (unpaired) electrons. The summed E-state index contributed by atoms with van der Waals surface area (Å²) in [5.41, 5.74) is 7.20. The van der Waals surface area contributed by atoms with Crippen LogP contribution in [0.25, 0.3) is 0 Å². The van der Waals surface area contributed by atoms with Crippen molar-refractivity contribution >= 4 is 22.8 Å². The van der Waals surface area contributed by atoms with Gasteiger partial charge in [0, 0.05) is 16.5 Å². The average Bonchev–Trinajstić information content (AvgIpc) is 3.48. The van der Waals surface area contributed by atoms with Crippen LogP contribution in [-0.4, -0.2) is 11.4 Å². The third-order valence-corrected chi connectivity index (χ3v) is 17.4. The Hall–Kier alpha value is -2.25. The summed E-state index contributed by atoms with van der Waals surface area (Å²) in [5.74, 6) is 0. The molecule has 2 aromatic carbocycles. The van der Waals surface area contributed by atoms with Crippen LogP contribution < -0.4 is 0 Å². The van der Waals surface area contributed by atoms with E-state index in [1.165, 1.54) is 332 Å². The maximum Gasteiger partial charge on any atom is 0.0665 e. The summed E-state index contributed by atoms with van der Waals surface area (Å²) in [6, 6.07) is 17.7. The molecule has 0 fully saturated rings. The summed E-state index contributed by atoms with van der Waals surface area (Å²) in [7, 11) is 0. The van der Waals surface area contributed by atoms with Gasteiger partial charge in [-0.2, -0.15) is 0 Å². The smallest absolute Gasteiger partial charge is 0.0665 e. The van der Waals surface area contributed by atoms with Gasteiger partial charge in [-0.15, -0.1) is 0 Å². The molecular weight excluding hydrogens is 1020 g/mol. The molecule has 0 saturated heterocycles. The largest absolute Gasteiger partial charge is 0.252 e. The second-order valence-electron chi connectivity index (χ2n) is 25.1. The minimum Gasteiger partial charge on any atom is -0.252 e. The first-order valence-electron chi connectivity index (χ1n) is 36.3. The van der Waals surface area contributed by atoms with Gasteiger partial charge in [-0.05, 0) is 107 Å². The maximum absolute atomic E-state index is 5.40. The number of nitrogens with zero attached hydrogens (tertiary/aromatic N) is 2. The molecule has 81 heavy (non-hydrogen) atoms. The van der Waals surface area contributed by atoms with E-state index in [1.807, 2.05) is 0 Å². The van der Waals surface area contributed by atoms with Crippen LogP contribution in [0.4, 0.5) is 11.4 Å². The Morgan fingerprint density at radius 3 is 0.815 bits per heavy atom. The Bertz CT molecular complexity index is 1720. The second kappa shape index (κ2) is 62.3. The molecule has 468 valence electrons. The van der Waals surface area contributed by atoms with Gasteiger partial charge in [-0.1, -0.05) is 364 Å². The van der Waals surface area contributed by atoms with Crippen LogP contribution >= 0.6 is 0 Å². The minimum absolute atomic E-state index is 0. The standard InChI is InChI=1S/C78H136N2.Ni/c1-5-8-11-13-15-17-19-21-23-25-27-29-31-33-35-37-39-41-43-45-47-49-51-53-55-57-60-66-74-68-62-64-71-77(74)79-73(4)76(70-59-10-7-3)80-78-72-65-63-69-75(78)67-61-58-56-54-52-50-48-46-44-42-40-38-36-34-32-30-28-26-24-22-20-18-16-14-12-9-6-2;/h53-56,62-65,68-69,71-72H,5-52,57-61,66-67,70H2,1-4H3;. The van der Waals surface area contributed by atoms with Crippen LogP contribution in [0.5, 0.6) is 0 Å². The van der Waals surface area contributed by atoms with Crippen LogP contribution in [0.15, 0.2) is 82.8 Å². The summed E-state index contributed by atoms with van der Waals surface area (Å²) in [5, 5.41) is 0. The van der Waals surface area contributed by atoms with Crippen LogP contribution in [0, 0.1) is 0 Å².